The Hall–Kier alpha value is -3.23. The molecule has 1 aromatic heterocycles. The second-order valence-electron chi connectivity index (χ2n) is 9.40. The van der Waals surface area contributed by atoms with Gasteiger partial charge in [-0.05, 0) is 68.0 Å². The number of alkyl halides is 3. The fourth-order valence-corrected chi connectivity index (χ4v) is 4.61. The van der Waals surface area contributed by atoms with Gasteiger partial charge in [0.2, 0.25) is 11.9 Å². The highest BCUT2D eigenvalue weighted by Crippen LogP contribution is 2.57. The molecule has 5 rings (SSSR count). The van der Waals surface area contributed by atoms with E-state index in [4.69, 9.17) is 4.98 Å². The lowest BCUT2D eigenvalue weighted by molar-refractivity contribution is -0.192. The zero-order chi connectivity index (χ0) is 24.1. The highest BCUT2D eigenvalue weighted by atomic mass is 19.4. The van der Waals surface area contributed by atoms with Gasteiger partial charge in [-0.1, -0.05) is 12.1 Å². The van der Waals surface area contributed by atoms with Crippen molar-refractivity contribution in [3.05, 3.63) is 47.5 Å². The van der Waals surface area contributed by atoms with Crippen molar-refractivity contribution in [2.24, 2.45) is 12.5 Å². The first-order valence-electron chi connectivity index (χ1n) is 11.6. The van der Waals surface area contributed by atoms with Crippen molar-refractivity contribution in [2.45, 2.75) is 45.3 Å². The largest absolute Gasteiger partial charge is 0.403 e. The third kappa shape index (κ3) is 3.97. The van der Waals surface area contributed by atoms with Gasteiger partial charge in [0, 0.05) is 38.1 Å². The fraction of sp³-hybridized carbons (Fsp3) is 0.440. The molecule has 1 saturated heterocycles. The molecule has 6 nitrogen and oxygen atoms in total. The summed E-state index contributed by atoms with van der Waals surface area (Å²) in [5.74, 6) is -0.272. The van der Waals surface area contributed by atoms with Crippen LogP contribution in [0.25, 0.3) is 11.0 Å². The molecule has 2 fully saturated rings. The molecule has 0 atom stereocenters. The highest BCUT2D eigenvalue weighted by molar-refractivity contribution is 5.86. The fourth-order valence-electron chi connectivity index (χ4n) is 4.61. The summed E-state index contributed by atoms with van der Waals surface area (Å²) in [6.45, 7) is 4.12. The monoisotopic (exact) mass is 471 g/mol. The number of carbonyl (C=O) groups is 1. The first-order valence-corrected chi connectivity index (χ1v) is 11.6. The Morgan fingerprint density at radius 2 is 1.85 bits per heavy atom. The summed E-state index contributed by atoms with van der Waals surface area (Å²) in [6, 6.07) is 11.8. The van der Waals surface area contributed by atoms with Crippen molar-refractivity contribution >= 4 is 34.3 Å². The van der Waals surface area contributed by atoms with Gasteiger partial charge >= 0.3 is 6.18 Å². The van der Waals surface area contributed by atoms with E-state index in [-0.39, 0.29) is 19.4 Å². The van der Waals surface area contributed by atoms with Crippen LogP contribution >= 0.6 is 0 Å². The SMILES string of the molecule is Cc1ccc(CNC(=O)C2(C(F)(F)F)CC2)cc1Nc1nc2ccc(N3CCCC3)cc2n1C. The summed E-state index contributed by atoms with van der Waals surface area (Å²) in [5, 5.41) is 5.83. The number of aryl methyl sites for hydroxylation is 2. The Morgan fingerprint density at radius 1 is 1.12 bits per heavy atom. The number of anilines is 3. The van der Waals surface area contributed by atoms with Gasteiger partial charge in [0.25, 0.3) is 0 Å². The van der Waals surface area contributed by atoms with Gasteiger partial charge < -0.3 is 20.1 Å². The maximum Gasteiger partial charge on any atom is 0.403 e. The quantitative estimate of drug-likeness (QED) is 0.520. The molecule has 1 amide bonds. The Bertz CT molecular complexity index is 1240. The first kappa shape index (κ1) is 22.6. The third-order valence-corrected chi connectivity index (χ3v) is 7.06. The van der Waals surface area contributed by atoms with E-state index in [1.54, 1.807) is 0 Å². The number of benzene rings is 2. The lowest BCUT2D eigenvalue weighted by Gasteiger charge is -2.19. The van der Waals surface area contributed by atoms with Crippen LogP contribution in [0, 0.1) is 12.3 Å². The Labute approximate surface area is 196 Å². The number of aromatic nitrogens is 2. The summed E-state index contributed by atoms with van der Waals surface area (Å²) < 4.78 is 41.6. The van der Waals surface area contributed by atoms with Gasteiger partial charge in [0.1, 0.15) is 5.41 Å². The molecule has 0 unspecified atom stereocenters. The van der Waals surface area contributed by atoms with E-state index in [9.17, 15) is 18.0 Å². The van der Waals surface area contributed by atoms with Crippen LogP contribution in [-0.2, 0) is 18.4 Å². The predicted octanol–water partition coefficient (Wildman–Crippen LogP) is 5.18. The minimum absolute atomic E-state index is 0.0351. The molecule has 1 saturated carbocycles. The molecule has 180 valence electrons. The molecule has 0 radical (unpaired) electrons. The van der Waals surface area contributed by atoms with E-state index in [1.165, 1.54) is 18.5 Å². The standard InChI is InChI=1S/C25H28F3N5O/c1-16-5-6-17(15-29-22(34)24(9-10-24)25(26,27)28)13-20(16)31-23-30-19-8-7-18(14-21(19)32(23)2)33-11-3-4-12-33/h5-8,13-14H,3-4,9-12,15H2,1-2H3,(H,29,34)(H,30,31). The number of carbonyl (C=O) groups excluding carboxylic acids is 1. The number of amides is 1. The molecular formula is C25H28F3N5O. The van der Waals surface area contributed by atoms with Crippen LogP contribution in [-0.4, -0.2) is 34.7 Å². The lowest BCUT2D eigenvalue weighted by atomic mass is 10.1. The van der Waals surface area contributed by atoms with Crippen molar-refractivity contribution in [3.8, 4) is 0 Å². The van der Waals surface area contributed by atoms with E-state index < -0.39 is 17.5 Å². The molecule has 3 aromatic rings. The van der Waals surface area contributed by atoms with Gasteiger partial charge in [0.05, 0.1) is 11.0 Å². The van der Waals surface area contributed by atoms with Crippen molar-refractivity contribution in [3.63, 3.8) is 0 Å². The zero-order valence-corrected chi connectivity index (χ0v) is 19.3. The third-order valence-electron chi connectivity index (χ3n) is 7.06. The summed E-state index contributed by atoms with van der Waals surface area (Å²) in [4.78, 5) is 19.3. The number of hydrogen-bond donors (Lipinski definition) is 2. The van der Waals surface area contributed by atoms with Crippen LogP contribution in [0.3, 0.4) is 0 Å². The number of imidazole rings is 1. The molecule has 2 aromatic carbocycles. The molecule has 0 spiro atoms. The molecule has 2 N–H and O–H groups in total. The maximum atomic E-state index is 13.2. The van der Waals surface area contributed by atoms with Gasteiger partial charge in [-0.25, -0.2) is 4.98 Å². The van der Waals surface area contributed by atoms with Gasteiger partial charge in [-0.15, -0.1) is 0 Å². The van der Waals surface area contributed by atoms with E-state index in [0.717, 1.165) is 40.9 Å². The molecular weight excluding hydrogens is 443 g/mol. The molecule has 34 heavy (non-hydrogen) atoms. The topological polar surface area (TPSA) is 62.2 Å². The van der Waals surface area contributed by atoms with Gasteiger partial charge in [0.15, 0.2) is 0 Å². The van der Waals surface area contributed by atoms with Crippen LogP contribution in [0.2, 0.25) is 0 Å². The summed E-state index contributed by atoms with van der Waals surface area (Å²) in [5.41, 5.74) is 3.37. The maximum absolute atomic E-state index is 13.2. The van der Waals surface area contributed by atoms with E-state index in [0.29, 0.717) is 5.95 Å². The molecule has 9 heteroatoms. The minimum Gasteiger partial charge on any atom is -0.371 e. The van der Waals surface area contributed by atoms with Crippen LogP contribution in [0.4, 0.5) is 30.5 Å². The smallest absolute Gasteiger partial charge is 0.371 e. The normalized spacial score (nSPS) is 17.3. The molecule has 2 heterocycles. The lowest BCUT2D eigenvalue weighted by Crippen LogP contribution is -2.40. The van der Waals surface area contributed by atoms with Crippen molar-refractivity contribution in [1.82, 2.24) is 14.9 Å². The number of rotatable bonds is 6. The molecule has 0 bridgehead atoms. The number of fused-ring (bicyclic) bond motifs is 1. The molecule has 2 aliphatic rings. The number of halogens is 3. The summed E-state index contributed by atoms with van der Waals surface area (Å²) in [7, 11) is 1.96. The van der Waals surface area contributed by atoms with Crippen molar-refractivity contribution in [2.75, 3.05) is 23.3 Å². The predicted molar refractivity (Wildman–Crippen MR) is 126 cm³/mol. The second-order valence-corrected chi connectivity index (χ2v) is 9.40. The van der Waals surface area contributed by atoms with E-state index in [2.05, 4.69) is 27.7 Å². The Morgan fingerprint density at radius 3 is 2.53 bits per heavy atom. The van der Waals surface area contributed by atoms with Crippen LogP contribution in [0.5, 0.6) is 0 Å². The summed E-state index contributed by atoms with van der Waals surface area (Å²) in [6.07, 6.45) is -2.37. The second kappa shape index (κ2) is 8.21. The number of nitrogens with one attached hydrogen (secondary N) is 2. The first-order chi connectivity index (χ1) is 16.2. The number of hydrogen-bond acceptors (Lipinski definition) is 4. The number of nitrogens with zero attached hydrogens (tertiary/aromatic N) is 3. The molecule has 1 aliphatic carbocycles. The Balaban J connectivity index is 1.33. The van der Waals surface area contributed by atoms with Crippen LogP contribution in [0.15, 0.2) is 36.4 Å². The summed E-state index contributed by atoms with van der Waals surface area (Å²) >= 11 is 0. The van der Waals surface area contributed by atoms with Crippen LogP contribution < -0.4 is 15.5 Å². The van der Waals surface area contributed by atoms with E-state index in [1.807, 2.05) is 42.8 Å². The average molecular weight is 472 g/mol. The Kier molecular flexibility index (Phi) is 5.45. The van der Waals surface area contributed by atoms with Crippen LogP contribution in [0.1, 0.15) is 36.8 Å². The zero-order valence-electron chi connectivity index (χ0n) is 19.3. The average Bonchev–Trinajstić information content (AvgIpc) is 3.36. The molecule has 1 aliphatic heterocycles. The van der Waals surface area contributed by atoms with E-state index >= 15 is 0 Å². The van der Waals surface area contributed by atoms with Crippen molar-refractivity contribution in [1.29, 1.82) is 0 Å². The van der Waals surface area contributed by atoms with Gasteiger partial charge in [-0.3, -0.25) is 4.79 Å². The van der Waals surface area contributed by atoms with Gasteiger partial charge in [-0.2, -0.15) is 13.2 Å². The highest BCUT2D eigenvalue weighted by Gasteiger charge is 2.68. The van der Waals surface area contributed by atoms with Crippen molar-refractivity contribution < 1.29 is 18.0 Å². The minimum atomic E-state index is -4.51.